The predicted octanol–water partition coefficient (Wildman–Crippen LogP) is 5.70. The normalized spacial score (nSPS) is 11.3. The molecule has 26 heavy (non-hydrogen) atoms. The smallest absolute Gasteiger partial charge is 0.249 e. The molecule has 3 nitrogen and oxygen atoms in total. The highest BCUT2D eigenvalue weighted by Crippen LogP contribution is 2.36. The Balaban J connectivity index is 2.09. The lowest BCUT2D eigenvalue weighted by Crippen LogP contribution is -2.11. The molecule has 0 fully saturated rings. The number of fused-ring (bicyclic) bond motifs is 3. The molecule has 6 heteroatoms. The van der Waals surface area contributed by atoms with Crippen molar-refractivity contribution in [2.75, 3.05) is 0 Å². The lowest BCUT2D eigenvalue weighted by Gasteiger charge is -2.11. The van der Waals surface area contributed by atoms with E-state index in [0.29, 0.717) is 27.2 Å². The summed E-state index contributed by atoms with van der Waals surface area (Å²) in [6.45, 7) is 0.444. The van der Waals surface area contributed by atoms with Gasteiger partial charge in [0.05, 0.1) is 26.1 Å². The van der Waals surface area contributed by atoms with Crippen molar-refractivity contribution in [3.8, 4) is 0 Å². The lowest BCUT2D eigenvalue weighted by atomic mass is 10.1. The monoisotopic (exact) mass is 401 g/mol. The molecule has 0 aliphatic rings. The number of carbonyl (C=O) groups excluding carboxylic acids is 1. The van der Waals surface area contributed by atoms with Gasteiger partial charge in [-0.15, -0.1) is 0 Å². The van der Waals surface area contributed by atoms with Crippen LogP contribution in [0.25, 0.3) is 21.8 Å². The third kappa shape index (κ3) is 2.64. The van der Waals surface area contributed by atoms with Crippen LogP contribution in [0.15, 0.2) is 48.5 Å². The summed E-state index contributed by atoms with van der Waals surface area (Å²) < 4.78 is 2.01. The number of nitrogens with zero attached hydrogens (tertiary/aromatic N) is 1. The van der Waals surface area contributed by atoms with Crippen LogP contribution in [0.2, 0.25) is 15.1 Å². The van der Waals surface area contributed by atoms with Crippen LogP contribution in [-0.4, -0.2) is 10.5 Å². The Kier molecular flexibility index (Phi) is 4.31. The minimum atomic E-state index is -0.496. The van der Waals surface area contributed by atoms with Gasteiger partial charge in [-0.25, -0.2) is 0 Å². The van der Waals surface area contributed by atoms with E-state index < -0.39 is 5.91 Å². The highest BCUT2D eigenvalue weighted by Gasteiger charge is 2.19. The van der Waals surface area contributed by atoms with E-state index in [1.54, 1.807) is 30.3 Å². The number of primary amides is 1. The predicted molar refractivity (Wildman–Crippen MR) is 107 cm³/mol. The molecule has 0 unspecified atom stereocenters. The largest absolute Gasteiger partial charge is 0.366 e. The molecule has 0 atom stereocenters. The number of carbonyl (C=O) groups is 1. The van der Waals surface area contributed by atoms with Gasteiger partial charge in [0.2, 0.25) is 5.91 Å². The minimum absolute atomic E-state index is 0.432. The number of hydrogen-bond acceptors (Lipinski definition) is 1. The van der Waals surface area contributed by atoms with E-state index in [1.807, 2.05) is 22.8 Å². The molecule has 1 aromatic heterocycles. The van der Waals surface area contributed by atoms with Crippen LogP contribution in [0.5, 0.6) is 0 Å². The summed E-state index contributed by atoms with van der Waals surface area (Å²) in [4.78, 5) is 11.9. The molecule has 0 saturated heterocycles. The molecular weight excluding hydrogens is 391 g/mol. The summed E-state index contributed by atoms with van der Waals surface area (Å²) >= 11 is 19.0. The molecule has 0 saturated carbocycles. The van der Waals surface area contributed by atoms with Gasteiger partial charge in [0.1, 0.15) is 0 Å². The van der Waals surface area contributed by atoms with Crippen LogP contribution in [-0.2, 0) is 6.54 Å². The fourth-order valence-electron chi connectivity index (χ4n) is 3.28. The fraction of sp³-hybridized carbons (Fsp3) is 0.0500. The Bertz CT molecular complexity index is 1180. The van der Waals surface area contributed by atoms with Gasteiger partial charge in [-0.05, 0) is 35.9 Å². The summed E-state index contributed by atoms with van der Waals surface area (Å²) in [5.41, 5.74) is 8.47. The summed E-state index contributed by atoms with van der Waals surface area (Å²) in [6.07, 6.45) is 0. The lowest BCUT2D eigenvalue weighted by molar-refractivity contribution is 0.100. The van der Waals surface area contributed by atoms with E-state index >= 15 is 0 Å². The number of halogens is 3. The second-order valence-electron chi connectivity index (χ2n) is 5.91. The minimum Gasteiger partial charge on any atom is -0.366 e. The molecular formula is C20H12Cl3N2O. The molecule has 0 spiro atoms. The molecule has 0 bridgehead atoms. The molecule has 1 radical (unpaired) electrons. The maximum absolute atomic E-state index is 11.9. The quantitative estimate of drug-likeness (QED) is 0.469. The fourth-order valence-corrected chi connectivity index (χ4v) is 3.92. The van der Waals surface area contributed by atoms with Crippen molar-refractivity contribution in [2.45, 2.75) is 6.54 Å². The molecule has 2 N–H and O–H groups in total. The van der Waals surface area contributed by atoms with Crippen LogP contribution < -0.4 is 5.73 Å². The Morgan fingerprint density at radius 2 is 1.81 bits per heavy atom. The molecule has 1 amide bonds. The third-order valence-electron chi connectivity index (χ3n) is 4.40. The van der Waals surface area contributed by atoms with Crippen molar-refractivity contribution in [3.63, 3.8) is 0 Å². The molecule has 3 aromatic carbocycles. The van der Waals surface area contributed by atoms with Crippen LogP contribution >= 0.6 is 34.8 Å². The molecule has 4 aromatic rings. The number of nitrogens with two attached hydrogens (primary N) is 1. The van der Waals surface area contributed by atoms with Gasteiger partial charge < -0.3 is 10.3 Å². The van der Waals surface area contributed by atoms with Crippen molar-refractivity contribution in [1.82, 2.24) is 4.57 Å². The summed E-state index contributed by atoms with van der Waals surface area (Å²) in [5.74, 6) is -0.496. The van der Waals surface area contributed by atoms with Gasteiger partial charge in [0.15, 0.2) is 0 Å². The van der Waals surface area contributed by atoms with E-state index in [2.05, 4.69) is 6.07 Å². The van der Waals surface area contributed by atoms with E-state index in [-0.39, 0.29) is 0 Å². The van der Waals surface area contributed by atoms with E-state index in [9.17, 15) is 4.79 Å². The van der Waals surface area contributed by atoms with Gasteiger partial charge in [-0.1, -0.05) is 59.1 Å². The Morgan fingerprint density at radius 3 is 2.58 bits per heavy atom. The Hall–Kier alpha value is -2.20. The number of hydrogen-bond donors (Lipinski definition) is 1. The number of aromatic nitrogens is 1. The van der Waals surface area contributed by atoms with Crippen molar-refractivity contribution in [2.24, 2.45) is 5.73 Å². The maximum atomic E-state index is 11.9. The Labute approximate surface area is 164 Å². The number of amides is 1. The SMILES string of the molecule is NC(=O)c1cccc2c1c1[c]ccc(Cl)c1n2Cc1cccc(Cl)c1Cl. The highest BCUT2D eigenvalue weighted by atomic mass is 35.5. The van der Waals surface area contributed by atoms with Gasteiger partial charge in [-0.2, -0.15) is 0 Å². The highest BCUT2D eigenvalue weighted by molar-refractivity contribution is 6.42. The van der Waals surface area contributed by atoms with E-state index in [0.717, 1.165) is 27.4 Å². The number of rotatable bonds is 3. The van der Waals surface area contributed by atoms with Crippen molar-refractivity contribution >= 4 is 62.5 Å². The van der Waals surface area contributed by atoms with Gasteiger partial charge in [0.25, 0.3) is 0 Å². The topological polar surface area (TPSA) is 48.0 Å². The first-order valence-corrected chi connectivity index (χ1v) is 8.96. The van der Waals surface area contributed by atoms with Gasteiger partial charge in [0, 0.05) is 22.9 Å². The summed E-state index contributed by atoms with van der Waals surface area (Å²) in [6, 6.07) is 17.6. The van der Waals surface area contributed by atoms with Crippen LogP contribution in [0.4, 0.5) is 0 Å². The van der Waals surface area contributed by atoms with Crippen LogP contribution in [0, 0.1) is 6.07 Å². The van der Waals surface area contributed by atoms with Crippen molar-refractivity contribution in [1.29, 1.82) is 0 Å². The average molecular weight is 403 g/mol. The van der Waals surface area contributed by atoms with Crippen LogP contribution in [0.3, 0.4) is 0 Å². The molecule has 129 valence electrons. The van der Waals surface area contributed by atoms with Gasteiger partial charge in [-0.3, -0.25) is 4.79 Å². The average Bonchev–Trinajstić information content (AvgIpc) is 2.94. The van der Waals surface area contributed by atoms with E-state index in [4.69, 9.17) is 40.5 Å². The zero-order chi connectivity index (χ0) is 18.4. The first-order chi connectivity index (χ1) is 12.5. The molecule has 1 heterocycles. The third-order valence-corrected chi connectivity index (χ3v) is 5.56. The molecule has 4 rings (SSSR count). The molecule has 0 aliphatic carbocycles. The zero-order valence-corrected chi connectivity index (χ0v) is 15.7. The second kappa shape index (κ2) is 6.51. The van der Waals surface area contributed by atoms with Gasteiger partial charge >= 0.3 is 0 Å². The molecule has 0 aliphatic heterocycles. The Morgan fingerprint density at radius 1 is 1.04 bits per heavy atom. The van der Waals surface area contributed by atoms with Crippen LogP contribution in [0.1, 0.15) is 15.9 Å². The van der Waals surface area contributed by atoms with Crippen molar-refractivity contribution in [3.05, 3.63) is 80.8 Å². The standard InChI is InChI=1S/C20H12Cl3N2O/c21-14-7-1-4-11(18(14)23)10-25-16-9-3-6-13(20(24)26)17(16)12-5-2-8-15(22)19(12)25/h1-4,6-9H,10H2,(H2,24,26). The zero-order valence-electron chi connectivity index (χ0n) is 13.4. The van der Waals surface area contributed by atoms with Crippen molar-refractivity contribution < 1.29 is 4.79 Å². The van der Waals surface area contributed by atoms with E-state index in [1.165, 1.54) is 0 Å². The number of benzene rings is 3. The summed E-state index contributed by atoms with van der Waals surface area (Å²) in [5, 5.41) is 3.02. The summed E-state index contributed by atoms with van der Waals surface area (Å²) in [7, 11) is 0. The second-order valence-corrected chi connectivity index (χ2v) is 7.10. The maximum Gasteiger partial charge on any atom is 0.249 e. The first-order valence-electron chi connectivity index (χ1n) is 7.83. The first kappa shape index (κ1) is 17.2.